The summed E-state index contributed by atoms with van der Waals surface area (Å²) in [5.41, 5.74) is 18.8. The van der Waals surface area contributed by atoms with Crippen molar-refractivity contribution in [2.75, 3.05) is 0 Å². The van der Waals surface area contributed by atoms with Crippen molar-refractivity contribution >= 4 is 35.4 Å². The lowest BCUT2D eigenvalue weighted by Crippen LogP contribution is -2.28. The lowest BCUT2D eigenvalue weighted by atomic mass is 9.93. The van der Waals surface area contributed by atoms with Crippen molar-refractivity contribution in [1.29, 1.82) is 0 Å². The molecule has 284 valence electrons. The maximum Gasteiger partial charge on any atom is 0.224 e. The first-order chi connectivity index (χ1) is 26.2. The van der Waals surface area contributed by atoms with Gasteiger partial charge in [-0.25, -0.2) is 0 Å². The van der Waals surface area contributed by atoms with E-state index in [-0.39, 0.29) is 23.9 Å². The van der Waals surface area contributed by atoms with Crippen LogP contribution in [-0.2, 0) is 22.4 Å². The SMILES string of the molecule is CC1=NC(=Cc2[nH]c(C)c(CC(=O)N[C@@H](C)c3ccccc3)c2C)C(C)=C1CC1=C(C)/C(=C\c2[nH]c(C)c(CC(=O)N[C@@H](C)c3ccccc3)c2C)N=C1C. The topological polar surface area (TPSA) is 114 Å². The molecule has 8 nitrogen and oxygen atoms in total. The summed E-state index contributed by atoms with van der Waals surface area (Å²) in [6.45, 7) is 20.7. The van der Waals surface area contributed by atoms with E-state index in [1.165, 1.54) is 11.1 Å². The molecule has 0 spiro atoms. The molecule has 0 unspecified atom stereocenters. The average Bonchev–Trinajstić information content (AvgIpc) is 3.78. The van der Waals surface area contributed by atoms with Gasteiger partial charge >= 0.3 is 0 Å². The Morgan fingerprint density at radius 1 is 0.600 bits per heavy atom. The molecule has 0 fully saturated rings. The number of benzene rings is 2. The van der Waals surface area contributed by atoms with Gasteiger partial charge in [-0.15, -0.1) is 0 Å². The minimum atomic E-state index is -0.0651. The average molecular weight is 735 g/mol. The highest BCUT2D eigenvalue weighted by atomic mass is 16.2. The molecule has 4 aromatic rings. The van der Waals surface area contributed by atoms with Gasteiger partial charge in [-0.3, -0.25) is 19.6 Å². The zero-order chi connectivity index (χ0) is 39.6. The number of carbonyl (C=O) groups excluding carboxylic acids is 2. The summed E-state index contributed by atoms with van der Waals surface area (Å²) in [6.07, 6.45) is 5.58. The van der Waals surface area contributed by atoms with E-state index in [0.717, 1.165) is 96.5 Å². The highest BCUT2D eigenvalue weighted by molar-refractivity contribution is 6.09. The second kappa shape index (κ2) is 16.3. The third-order valence-electron chi connectivity index (χ3n) is 11.3. The zero-order valence-electron chi connectivity index (χ0n) is 33.9. The molecular weight excluding hydrogens is 681 g/mol. The van der Waals surface area contributed by atoms with Crippen LogP contribution in [0.15, 0.2) is 104 Å². The van der Waals surface area contributed by atoms with Crippen LogP contribution in [0.25, 0.3) is 12.2 Å². The van der Waals surface area contributed by atoms with Crippen LogP contribution in [0, 0.1) is 27.7 Å². The van der Waals surface area contributed by atoms with E-state index in [2.05, 4.69) is 74.3 Å². The number of rotatable bonds is 12. The first kappa shape index (κ1) is 38.9. The second-order valence-electron chi connectivity index (χ2n) is 15.1. The van der Waals surface area contributed by atoms with Crippen molar-refractivity contribution < 1.29 is 9.59 Å². The van der Waals surface area contributed by atoms with E-state index in [1.807, 2.05) is 88.4 Å². The van der Waals surface area contributed by atoms with Crippen LogP contribution in [0.4, 0.5) is 0 Å². The van der Waals surface area contributed by atoms with Crippen molar-refractivity contribution in [2.45, 2.75) is 101 Å². The van der Waals surface area contributed by atoms with Gasteiger partial charge in [-0.2, -0.15) is 0 Å². The van der Waals surface area contributed by atoms with Crippen LogP contribution in [0.2, 0.25) is 0 Å². The Balaban J connectivity index is 1.16. The quantitative estimate of drug-likeness (QED) is 0.116. The predicted octanol–water partition coefficient (Wildman–Crippen LogP) is 9.77. The van der Waals surface area contributed by atoms with Gasteiger partial charge in [0, 0.05) is 40.6 Å². The fourth-order valence-electron chi connectivity index (χ4n) is 7.77. The Bertz CT molecular complexity index is 2160. The molecule has 4 N–H and O–H groups in total. The van der Waals surface area contributed by atoms with Crippen LogP contribution in [-0.4, -0.2) is 33.2 Å². The van der Waals surface area contributed by atoms with E-state index in [0.29, 0.717) is 12.8 Å². The predicted molar refractivity (Wildman–Crippen MR) is 226 cm³/mol. The van der Waals surface area contributed by atoms with Crippen LogP contribution < -0.4 is 10.6 Å². The maximum absolute atomic E-state index is 13.1. The molecule has 0 bridgehead atoms. The highest BCUT2D eigenvalue weighted by Crippen LogP contribution is 2.37. The standard InChI is InChI=1S/C47H54N6O2/c1-26-38(32(7)48-42(26)24-44-28(3)40(34(9)50-44)22-46(54)52-30(5)36-17-13-11-14-18-36)21-39-27(2)43(49-33(39)8)25-45-29(4)41(35(10)51-45)23-47(55)53-31(6)37-19-15-12-16-20-37/h11-20,24-25,30-31,50-51H,21-23H2,1-10H3,(H,52,54)(H,53,55)/b42-24+,43-25?/t30-,31-/m0/s1. The fraction of sp³-hybridized carbons (Fsp3) is 0.319. The molecule has 8 heteroatoms. The summed E-state index contributed by atoms with van der Waals surface area (Å²) in [5.74, 6) is -0.00350. The third kappa shape index (κ3) is 8.49. The number of nitrogens with one attached hydrogen (secondary N) is 4. The number of aryl methyl sites for hydroxylation is 2. The molecule has 6 rings (SSSR count). The Labute approximate surface area is 325 Å². The molecule has 0 saturated carbocycles. The van der Waals surface area contributed by atoms with Crippen LogP contribution >= 0.6 is 0 Å². The van der Waals surface area contributed by atoms with E-state index >= 15 is 0 Å². The lowest BCUT2D eigenvalue weighted by molar-refractivity contribution is -0.122. The number of carbonyl (C=O) groups is 2. The number of aliphatic imine (C=N–C) groups is 2. The first-order valence-corrected chi connectivity index (χ1v) is 19.2. The Morgan fingerprint density at radius 2 is 0.964 bits per heavy atom. The molecule has 2 amide bonds. The van der Waals surface area contributed by atoms with Crippen molar-refractivity contribution in [1.82, 2.24) is 20.6 Å². The van der Waals surface area contributed by atoms with Gasteiger partial charge in [0.05, 0.1) is 36.3 Å². The third-order valence-corrected chi connectivity index (χ3v) is 11.3. The molecule has 4 heterocycles. The van der Waals surface area contributed by atoms with Crippen molar-refractivity contribution in [3.05, 3.63) is 151 Å². The fourth-order valence-corrected chi connectivity index (χ4v) is 7.77. The molecule has 2 aromatic carbocycles. The normalized spacial score (nSPS) is 16.9. The minimum absolute atomic E-state index is 0.00175. The van der Waals surface area contributed by atoms with Crippen LogP contribution in [0.1, 0.15) is 116 Å². The number of amides is 2. The number of allylic oxidation sites excluding steroid dienone is 4. The highest BCUT2D eigenvalue weighted by Gasteiger charge is 2.26. The lowest BCUT2D eigenvalue weighted by Gasteiger charge is -2.14. The second-order valence-corrected chi connectivity index (χ2v) is 15.1. The van der Waals surface area contributed by atoms with Gasteiger partial charge in [0.15, 0.2) is 0 Å². The van der Waals surface area contributed by atoms with E-state index in [1.54, 1.807) is 0 Å². The largest absolute Gasteiger partial charge is 0.359 e. The van der Waals surface area contributed by atoms with Gasteiger partial charge < -0.3 is 20.6 Å². The molecule has 0 saturated heterocycles. The molecule has 55 heavy (non-hydrogen) atoms. The van der Waals surface area contributed by atoms with Crippen LogP contribution in [0.5, 0.6) is 0 Å². The summed E-state index contributed by atoms with van der Waals surface area (Å²) < 4.78 is 0. The number of H-pyrrole nitrogens is 2. The summed E-state index contributed by atoms with van der Waals surface area (Å²) >= 11 is 0. The minimum Gasteiger partial charge on any atom is -0.359 e. The molecule has 0 radical (unpaired) electrons. The smallest absolute Gasteiger partial charge is 0.224 e. The summed E-state index contributed by atoms with van der Waals surface area (Å²) in [4.78, 5) is 43.2. The molecule has 2 aromatic heterocycles. The van der Waals surface area contributed by atoms with E-state index in [4.69, 9.17) is 9.98 Å². The van der Waals surface area contributed by atoms with Crippen molar-refractivity contribution in [2.24, 2.45) is 9.98 Å². The number of aromatic amines is 2. The molecule has 0 aliphatic carbocycles. The summed E-state index contributed by atoms with van der Waals surface area (Å²) in [5, 5.41) is 6.30. The number of hydrogen-bond acceptors (Lipinski definition) is 4. The van der Waals surface area contributed by atoms with Gasteiger partial charge in [-0.1, -0.05) is 60.7 Å². The Hall–Kier alpha value is -5.76. The van der Waals surface area contributed by atoms with Crippen molar-refractivity contribution in [3.8, 4) is 0 Å². The first-order valence-electron chi connectivity index (χ1n) is 19.2. The zero-order valence-corrected chi connectivity index (χ0v) is 33.9. The molecule has 2 aliphatic heterocycles. The Kier molecular flexibility index (Phi) is 11.6. The number of hydrogen-bond donors (Lipinski definition) is 4. The summed E-state index contributed by atoms with van der Waals surface area (Å²) in [6, 6.07) is 19.9. The monoisotopic (exact) mass is 734 g/mol. The molecular formula is C47H54N6O2. The maximum atomic E-state index is 13.1. The van der Waals surface area contributed by atoms with E-state index < -0.39 is 0 Å². The summed E-state index contributed by atoms with van der Waals surface area (Å²) in [7, 11) is 0. The van der Waals surface area contributed by atoms with E-state index in [9.17, 15) is 9.59 Å². The molecule has 2 atom stereocenters. The van der Waals surface area contributed by atoms with Gasteiger partial charge in [0.2, 0.25) is 11.8 Å². The Morgan fingerprint density at radius 3 is 1.33 bits per heavy atom. The van der Waals surface area contributed by atoms with Crippen LogP contribution in [0.3, 0.4) is 0 Å². The van der Waals surface area contributed by atoms with Gasteiger partial charge in [0.1, 0.15) is 0 Å². The van der Waals surface area contributed by atoms with Gasteiger partial charge in [-0.05, 0) is 137 Å². The van der Waals surface area contributed by atoms with Gasteiger partial charge in [0.25, 0.3) is 0 Å². The number of nitrogens with zero attached hydrogens (tertiary/aromatic N) is 2. The van der Waals surface area contributed by atoms with Crippen molar-refractivity contribution in [3.63, 3.8) is 0 Å². The molecule has 2 aliphatic rings. The number of aromatic nitrogens is 2.